The number of guanidine groups is 1. The maximum Gasteiger partial charge on any atom is 0.191 e. The third kappa shape index (κ3) is 6.21. The van der Waals surface area contributed by atoms with Crippen molar-refractivity contribution < 1.29 is 5.11 Å². The first-order chi connectivity index (χ1) is 16.1. The van der Waals surface area contributed by atoms with Crippen LogP contribution < -0.4 is 10.6 Å². The van der Waals surface area contributed by atoms with E-state index < -0.39 is 6.10 Å². The molecular weight excluding hydrogens is 412 g/mol. The van der Waals surface area contributed by atoms with Crippen molar-refractivity contribution in [2.75, 3.05) is 26.2 Å². The van der Waals surface area contributed by atoms with Gasteiger partial charge in [0.15, 0.2) is 5.96 Å². The summed E-state index contributed by atoms with van der Waals surface area (Å²) in [5.41, 5.74) is 4.94. The van der Waals surface area contributed by atoms with Gasteiger partial charge in [-0.05, 0) is 55.2 Å². The summed E-state index contributed by atoms with van der Waals surface area (Å²) in [6.07, 6.45) is 4.23. The number of aliphatic imine (C=N–C) groups is 1. The maximum atomic E-state index is 10.6. The Labute approximate surface area is 196 Å². The van der Waals surface area contributed by atoms with Gasteiger partial charge in [0.1, 0.15) is 0 Å². The molecule has 0 radical (unpaired) electrons. The largest absolute Gasteiger partial charge is 0.390 e. The molecule has 0 amide bonds. The molecule has 174 valence electrons. The third-order valence-electron chi connectivity index (χ3n) is 5.98. The molecule has 3 N–H and O–H groups in total. The van der Waals surface area contributed by atoms with Crippen molar-refractivity contribution in [1.29, 1.82) is 0 Å². The van der Waals surface area contributed by atoms with E-state index in [0.29, 0.717) is 19.0 Å². The summed E-state index contributed by atoms with van der Waals surface area (Å²) in [4.78, 5) is 6.97. The van der Waals surface area contributed by atoms with Crippen LogP contribution in [0, 0.1) is 0 Å². The molecular formula is C26H34N6O. The highest BCUT2D eigenvalue weighted by Crippen LogP contribution is 2.19. The molecule has 4 rings (SSSR count). The van der Waals surface area contributed by atoms with Gasteiger partial charge in [0.05, 0.1) is 24.4 Å². The van der Waals surface area contributed by atoms with Crippen molar-refractivity contribution in [1.82, 2.24) is 25.3 Å². The monoisotopic (exact) mass is 446 g/mol. The van der Waals surface area contributed by atoms with Gasteiger partial charge in [0.2, 0.25) is 0 Å². The van der Waals surface area contributed by atoms with E-state index in [0.717, 1.165) is 37.3 Å². The Morgan fingerprint density at radius 3 is 2.79 bits per heavy atom. The van der Waals surface area contributed by atoms with Crippen LogP contribution in [-0.4, -0.2) is 58.0 Å². The van der Waals surface area contributed by atoms with Crippen LogP contribution in [0.2, 0.25) is 0 Å². The predicted molar refractivity (Wildman–Crippen MR) is 133 cm³/mol. The van der Waals surface area contributed by atoms with Crippen molar-refractivity contribution in [3.8, 4) is 5.69 Å². The number of aliphatic hydroxyl groups is 1. The van der Waals surface area contributed by atoms with Crippen LogP contribution in [-0.2, 0) is 13.0 Å². The Hall–Kier alpha value is -3.16. The lowest BCUT2D eigenvalue weighted by molar-refractivity contribution is 0.111. The molecule has 0 saturated carbocycles. The highest BCUT2D eigenvalue weighted by atomic mass is 16.3. The molecule has 0 saturated heterocycles. The van der Waals surface area contributed by atoms with Gasteiger partial charge in [0.25, 0.3) is 0 Å². The number of fused-ring (bicyclic) bond motifs is 1. The summed E-state index contributed by atoms with van der Waals surface area (Å²) in [5.74, 6) is 0.706. The predicted octanol–water partition coefficient (Wildman–Crippen LogP) is 2.91. The number of aliphatic hydroxyl groups excluding tert-OH is 1. The Balaban J connectivity index is 1.34. The van der Waals surface area contributed by atoms with Crippen molar-refractivity contribution in [2.45, 2.75) is 39.0 Å². The molecule has 2 heterocycles. The summed E-state index contributed by atoms with van der Waals surface area (Å²) < 4.78 is 1.85. The SMILES string of the molecule is CCNC(=NCC(O)CN1CCc2ccccc2C1)NC(C)c1cccc(-n2cccn2)c1. The molecule has 0 aliphatic carbocycles. The molecule has 0 fully saturated rings. The summed E-state index contributed by atoms with van der Waals surface area (Å²) in [5, 5.41) is 21.7. The number of nitrogens with one attached hydrogen (secondary N) is 2. The van der Waals surface area contributed by atoms with Crippen LogP contribution in [0.1, 0.15) is 36.6 Å². The summed E-state index contributed by atoms with van der Waals surface area (Å²) in [6, 6.07) is 18.8. The van der Waals surface area contributed by atoms with Gasteiger partial charge in [-0.25, -0.2) is 4.68 Å². The highest BCUT2D eigenvalue weighted by molar-refractivity contribution is 5.80. The molecule has 1 aliphatic rings. The van der Waals surface area contributed by atoms with Gasteiger partial charge in [-0.3, -0.25) is 9.89 Å². The average molecular weight is 447 g/mol. The minimum Gasteiger partial charge on any atom is -0.390 e. The highest BCUT2D eigenvalue weighted by Gasteiger charge is 2.18. The number of aromatic nitrogens is 2. The Bertz CT molecular complexity index is 1050. The fourth-order valence-electron chi connectivity index (χ4n) is 4.23. The topological polar surface area (TPSA) is 77.7 Å². The van der Waals surface area contributed by atoms with Gasteiger partial charge < -0.3 is 15.7 Å². The van der Waals surface area contributed by atoms with E-state index in [4.69, 9.17) is 0 Å². The Morgan fingerprint density at radius 2 is 2.00 bits per heavy atom. The van der Waals surface area contributed by atoms with E-state index in [2.05, 4.69) is 68.9 Å². The lowest BCUT2D eigenvalue weighted by Crippen LogP contribution is -2.41. The van der Waals surface area contributed by atoms with Gasteiger partial charge in [-0.1, -0.05) is 36.4 Å². The van der Waals surface area contributed by atoms with Crippen molar-refractivity contribution >= 4 is 5.96 Å². The lowest BCUT2D eigenvalue weighted by Gasteiger charge is -2.30. The Kier molecular flexibility index (Phi) is 7.75. The van der Waals surface area contributed by atoms with E-state index in [1.165, 1.54) is 11.1 Å². The van der Waals surface area contributed by atoms with Crippen LogP contribution in [0.5, 0.6) is 0 Å². The second-order valence-electron chi connectivity index (χ2n) is 8.54. The fraction of sp³-hybridized carbons (Fsp3) is 0.385. The molecule has 1 aromatic heterocycles. The van der Waals surface area contributed by atoms with Gasteiger partial charge >= 0.3 is 0 Å². The first kappa shape index (κ1) is 23.0. The summed E-state index contributed by atoms with van der Waals surface area (Å²) in [6.45, 7) is 7.74. The van der Waals surface area contributed by atoms with Crippen LogP contribution in [0.3, 0.4) is 0 Å². The van der Waals surface area contributed by atoms with E-state index in [1.807, 2.05) is 36.0 Å². The van der Waals surface area contributed by atoms with Gasteiger partial charge in [0, 0.05) is 38.6 Å². The average Bonchev–Trinajstić information content (AvgIpc) is 3.38. The smallest absolute Gasteiger partial charge is 0.191 e. The first-order valence-electron chi connectivity index (χ1n) is 11.7. The molecule has 2 atom stereocenters. The second-order valence-corrected chi connectivity index (χ2v) is 8.54. The minimum absolute atomic E-state index is 0.0500. The number of β-amino-alcohol motifs (C(OH)–C–C–N with tert-alkyl or cyclic N) is 1. The molecule has 3 aromatic rings. The molecule has 1 aliphatic heterocycles. The van der Waals surface area contributed by atoms with Crippen LogP contribution in [0.25, 0.3) is 5.69 Å². The van der Waals surface area contributed by atoms with Gasteiger partial charge in [-0.15, -0.1) is 0 Å². The number of hydrogen-bond acceptors (Lipinski definition) is 4. The number of nitrogens with zero attached hydrogens (tertiary/aromatic N) is 4. The molecule has 2 aromatic carbocycles. The first-order valence-corrected chi connectivity index (χ1v) is 11.7. The maximum absolute atomic E-state index is 10.6. The molecule has 7 heteroatoms. The third-order valence-corrected chi connectivity index (χ3v) is 5.98. The zero-order valence-electron chi connectivity index (χ0n) is 19.5. The van der Waals surface area contributed by atoms with E-state index in [1.54, 1.807) is 6.20 Å². The Morgan fingerprint density at radius 1 is 1.15 bits per heavy atom. The zero-order chi connectivity index (χ0) is 23.0. The van der Waals surface area contributed by atoms with Crippen molar-refractivity contribution in [3.05, 3.63) is 83.7 Å². The number of hydrogen-bond donors (Lipinski definition) is 3. The summed E-state index contributed by atoms with van der Waals surface area (Å²) >= 11 is 0. The standard InChI is InChI=1S/C26H34N6O/c1-3-27-26(30-20(2)22-10-6-11-24(16-22)32-14-7-13-29-32)28-17-25(33)19-31-15-12-21-8-4-5-9-23(21)18-31/h4-11,13-14,16,20,25,33H,3,12,15,17-19H2,1-2H3,(H2,27,28,30). The van der Waals surface area contributed by atoms with Gasteiger partial charge in [-0.2, -0.15) is 5.10 Å². The summed E-state index contributed by atoms with van der Waals surface area (Å²) in [7, 11) is 0. The van der Waals surface area contributed by atoms with Crippen LogP contribution in [0.15, 0.2) is 72.0 Å². The number of benzene rings is 2. The lowest BCUT2D eigenvalue weighted by atomic mass is 10.00. The van der Waals surface area contributed by atoms with E-state index in [-0.39, 0.29) is 6.04 Å². The molecule has 0 spiro atoms. The van der Waals surface area contributed by atoms with Crippen molar-refractivity contribution in [2.24, 2.45) is 4.99 Å². The van der Waals surface area contributed by atoms with E-state index in [9.17, 15) is 5.11 Å². The minimum atomic E-state index is -0.510. The molecule has 0 bridgehead atoms. The normalized spacial score (nSPS) is 16.2. The number of rotatable bonds is 8. The molecule has 7 nitrogen and oxygen atoms in total. The fourth-order valence-corrected chi connectivity index (χ4v) is 4.23. The molecule has 33 heavy (non-hydrogen) atoms. The van der Waals surface area contributed by atoms with Crippen molar-refractivity contribution in [3.63, 3.8) is 0 Å². The van der Waals surface area contributed by atoms with Crippen LogP contribution in [0.4, 0.5) is 0 Å². The quantitative estimate of drug-likeness (QED) is 0.366. The second kappa shape index (κ2) is 11.1. The van der Waals surface area contributed by atoms with Crippen LogP contribution >= 0.6 is 0 Å². The zero-order valence-corrected chi connectivity index (χ0v) is 19.5. The molecule has 2 unspecified atom stereocenters. The van der Waals surface area contributed by atoms with E-state index >= 15 is 0 Å².